The van der Waals surface area contributed by atoms with Crippen molar-refractivity contribution in [1.29, 1.82) is 0 Å². The molecule has 1 saturated heterocycles. The zero-order chi connectivity index (χ0) is 19.7. The van der Waals surface area contributed by atoms with Crippen LogP contribution in [0.3, 0.4) is 0 Å². The van der Waals surface area contributed by atoms with Gasteiger partial charge < -0.3 is 5.32 Å². The summed E-state index contributed by atoms with van der Waals surface area (Å²) in [7, 11) is -3.62. The molecule has 0 bridgehead atoms. The van der Waals surface area contributed by atoms with Crippen LogP contribution in [0, 0.1) is 0 Å². The fraction of sp³-hybridized carbons (Fsp3) is 0.474. The maximum absolute atomic E-state index is 12.9. The Morgan fingerprint density at radius 1 is 1.11 bits per heavy atom. The molecule has 0 atom stereocenters. The van der Waals surface area contributed by atoms with Gasteiger partial charge in [-0.3, -0.25) is 4.79 Å². The minimum atomic E-state index is -3.62. The van der Waals surface area contributed by atoms with Crippen molar-refractivity contribution >= 4 is 33.3 Å². The third-order valence-corrected chi connectivity index (χ3v) is 7.69. The lowest BCUT2D eigenvalue weighted by Crippen LogP contribution is -2.28. The van der Waals surface area contributed by atoms with Crippen LogP contribution in [-0.2, 0) is 10.0 Å². The first-order chi connectivity index (χ1) is 13.5. The van der Waals surface area contributed by atoms with Gasteiger partial charge in [0.1, 0.15) is 5.82 Å². The van der Waals surface area contributed by atoms with Crippen molar-refractivity contribution in [3.63, 3.8) is 0 Å². The molecule has 0 radical (unpaired) electrons. The van der Waals surface area contributed by atoms with Crippen molar-refractivity contribution in [3.8, 4) is 0 Å². The van der Waals surface area contributed by atoms with E-state index in [0.717, 1.165) is 38.5 Å². The predicted octanol–water partition coefficient (Wildman–Crippen LogP) is 3.69. The molecule has 1 aliphatic heterocycles. The van der Waals surface area contributed by atoms with E-state index in [-0.39, 0.29) is 21.5 Å². The van der Waals surface area contributed by atoms with E-state index in [9.17, 15) is 13.2 Å². The molecule has 4 rings (SSSR count). The number of nitrogens with one attached hydrogen (secondary N) is 1. The molecule has 9 heteroatoms. The lowest BCUT2D eigenvalue weighted by Gasteiger charge is -2.17. The normalized spacial score (nSPS) is 18.6. The number of amides is 1. The Balaban J connectivity index is 1.59. The van der Waals surface area contributed by atoms with E-state index in [0.29, 0.717) is 18.9 Å². The summed E-state index contributed by atoms with van der Waals surface area (Å²) in [6, 6.07) is 6.31. The zero-order valence-corrected chi connectivity index (χ0v) is 17.0. The van der Waals surface area contributed by atoms with Gasteiger partial charge in [-0.1, -0.05) is 24.4 Å². The molecule has 1 N–H and O–H groups in total. The maximum atomic E-state index is 12.9. The number of hydrogen-bond acceptors (Lipinski definition) is 4. The molecule has 2 aromatic rings. The second-order valence-corrected chi connectivity index (χ2v) is 9.65. The molecule has 1 amide bonds. The molecule has 0 unspecified atom stereocenters. The number of sulfonamides is 1. The SMILES string of the molecule is O=C(Nc1ccnn1C1CCCC1)c1cc(S(=O)(=O)N2CCCC2)ccc1Cl. The molecule has 1 aliphatic carbocycles. The number of hydrogen-bond donors (Lipinski definition) is 1. The summed E-state index contributed by atoms with van der Waals surface area (Å²) in [6.07, 6.45) is 7.74. The number of rotatable bonds is 5. The van der Waals surface area contributed by atoms with Crippen LogP contribution in [0.5, 0.6) is 0 Å². The summed E-state index contributed by atoms with van der Waals surface area (Å²) in [5.41, 5.74) is 0.140. The molecular formula is C19H23ClN4O3S. The highest BCUT2D eigenvalue weighted by molar-refractivity contribution is 7.89. The van der Waals surface area contributed by atoms with Gasteiger partial charge in [0.15, 0.2) is 0 Å². The summed E-state index contributed by atoms with van der Waals surface area (Å²) in [6.45, 7) is 1.01. The molecule has 150 valence electrons. The first-order valence-electron chi connectivity index (χ1n) is 9.61. The molecular weight excluding hydrogens is 400 g/mol. The quantitative estimate of drug-likeness (QED) is 0.796. The van der Waals surface area contributed by atoms with Crippen LogP contribution < -0.4 is 5.32 Å². The average molecular weight is 423 g/mol. The van der Waals surface area contributed by atoms with E-state index < -0.39 is 15.9 Å². The molecule has 2 fully saturated rings. The van der Waals surface area contributed by atoms with E-state index in [1.807, 2.05) is 4.68 Å². The summed E-state index contributed by atoms with van der Waals surface area (Å²) in [4.78, 5) is 12.9. The largest absolute Gasteiger partial charge is 0.307 e. The van der Waals surface area contributed by atoms with Crippen molar-refractivity contribution < 1.29 is 13.2 Å². The number of carbonyl (C=O) groups excluding carboxylic acids is 1. The van der Waals surface area contributed by atoms with Gasteiger partial charge in [0.05, 0.1) is 27.7 Å². The van der Waals surface area contributed by atoms with Crippen LogP contribution in [0.4, 0.5) is 5.82 Å². The Morgan fingerprint density at radius 2 is 1.82 bits per heavy atom. The third-order valence-electron chi connectivity index (χ3n) is 5.47. The van der Waals surface area contributed by atoms with E-state index in [1.165, 1.54) is 22.5 Å². The molecule has 2 aliphatic rings. The fourth-order valence-corrected chi connectivity index (χ4v) is 5.70. The predicted molar refractivity (Wildman–Crippen MR) is 107 cm³/mol. The van der Waals surface area contributed by atoms with Gasteiger partial charge in [0.25, 0.3) is 5.91 Å². The third kappa shape index (κ3) is 3.68. The number of aromatic nitrogens is 2. The average Bonchev–Trinajstić information content (AvgIpc) is 3.43. The van der Waals surface area contributed by atoms with E-state index in [1.54, 1.807) is 12.3 Å². The van der Waals surface area contributed by atoms with E-state index >= 15 is 0 Å². The number of nitrogens with zero attached hydrogens (tertiary/aromatic N) is 3. The molecule has 1 saturated carbocycles. The van der Waals surface area contributed by atoms with E-state index in [4.69, 9.17) is 11.6 Å². The highest BCUT2D eigenvalue weighted by Crippen LogP contribution is 2.32. The first-order valence-corrected chi connectivity index (χ1v) is 11.4. The van der Waals surface area contributed by atoms with Gasteiger partial charge in [0, 0.05) is 19.2 Å². The lowest BCUT2D eigenvalue weighted by molar-refractivity contribution is 0.102. The van der Waals surface area contributed by atoms with E-state index in [2.05, 4.69) is 10.4 Å². The van der Waals surface area contributed by atoms with Crippen molar-refractivity contribution in [2.75, 3.05) is 18.4 Å². The number of halogens is 1. The van der Waals surface area contributed by atoms with Crippen molar-refractivity contribution in [2.45, 2.75) is 49.5 Å². The van der Waals surface area contributed by atoms with Crippen LogP contribution >= 0.6 is 11.6 Å². The van der Waals surface area contributed by atoms with Gasteiger partial charge in [-0.25, -0.2) is 13.1 Å². The van der Waals surface area contributed by atoms with Gasteiger partial charge in [-0.2, -0.15) is 9.40 Å². The number of carbonyl (C=O) groups is 1. The summed E-state index contributed by atoms with van der Waals surface area (Å²) in [5.74, 6) is 0.156. The highest BCUT2D eigenvalue weighted by Gasteiger charge is 2.28. The smallest absolute Gasteiger partial charge is 0.258 e. The van der Waals surface area contributed by atoms with Crippen LogP contribution in [0.1, 0.15) is 54.9 Å². The second kappa shape index (κ2) is 7.85. The fourth-order valence-electron chi connectivity index (χ4n) is 3.95. The summed E-state index contributed by atoms with van der Waals surface area (Å²) in [5, 5.41) is 7.40. The Kier molecular flexibility index (Phi) is 5.44. The monoisotopic (exact) mass is 422 g/mol. The Bertz CT molecular complexity index is 977. The minimum Gasteiger partial charge on any atom is -0.307 e. The zero-order valence-electron chi connectivity index (χ0n) is 15.5. The van der Waals surface area contributed by atoms with Crippen molar-refractivity contribution in [2.24, 2.45) is 0 Å². The number of benzene rings is 1. The second-order valence-electron chi connectivity index (χ2n) is 7.31. The van der Waals surface area contributed by atoms with Gasteiger partial charge >= 0.3 is 0 Å². The van der Waals surface area contributed by atoms with Gasteiger partial charge in [0.2, 0.25) is 10.0 Å². The summed E-state index contributed by atoms with van der Waals surface area (Å²) < 4.78 is 28.9. The maximum Gasteiger partial charge on any atom is 0.258 e. The Labute approximate surface area is 169 Å². The molecule has 0 spiro atoms. The highest BCUT2D eigenvalue weighted by atomic mass is 35.5. The van der Waals surface area contributed by atoms with Gasteiger partial charge in [-0.05, 0) is 43.9 Å². The Morgan fingerprint density at radius 3 is 2.54 bits per heavy atom. The molecule has 1 aromatic heterocycles. The first kappa shape index (κ1) is 19.4. The van der Waals surface area contributed by atoms with Crippen LogP contribution in [-0.4, -0.2) is 41.5 Å². The molecule has 28 heavy (non-hydrogen) atoms. The lowest BCUT2D eigenvalue weighted by atomic mass is 10.2. The van der Waals surface area contributed by atoms with Crippen molar-refractivity contribution in [3.05, 3.63) is 41.0 Å². The minimum absolute atomic E-state index is 0.0910. The number of anilines is 1. The molecule has 1 aromatic carbocycles. The van der Waals surface area contributed by atoms with Crippen LogP contribution in [0.15, 0.2) is 35.4 Å². The molecule has 7 nitrogen and oxygen atoms in total. The summed E-state index contributed by atoms with van der Waals surface area (Å²) >= 11 is 6.22. The van der Waals surface area contributed by atoms with Gasteiger partial charge in [-0.15, -0.1) is 0 Å². The Hall–Kier alpha value is -1.90. The van der Waals surface area contributed by atoms with Crippen LogP contribution in [0.25, 0.3) is 0 Å². The van der Waals surface area contributed by atoms with Crippen LogP contribution in [0.2, 0.25) is 5.02 Å². The van der Waals surface area contributed by atoms with Crippen molar-refractivity contribution in [1.82, 2.24) is 14.1 Å². The molecule has 2 heterocycles. The standard InChI is InChI=1S/C19H23ClN4O3S/c20-17-8-7-15(28(26,27)23-11-3-4-12-23)13-16(17)19(25)22-18-9-10-21-24(18)14-5-1-2-6-14/h7-10,13-14H,1-6,11-12H2,(H,22,25). The topological polar surface area (TPSA) is 84.3 Å².